The number of aryl methyl sites for hydroxylation is 2. The van der Waals surface area contributed by atoms with E-state index in [9.17, 15) is 0 Å². The van der Waals surface area contributed by atoms with Crippen molar-refractivity contribution in [2.24, 2.45) is 5.92 Å². The van der Waals surface area contributed by atoms with Gasteiger partial charge in [-0.3, -0.25) is 0 Å². The number of hydrogen-bond donors (Lipinski definition) is 0. The smallest absolute Gasteiger partial charge is 0.0656 e. The third kappa shape index (κ3) is 4.36. The van der Waals surface area contributed by atoms with Gasteiger partial charge >= 0.3 is 0 Å². The monoisotopic (exact) mass is 430 g/mol. The van der Waals surface area contributed by atoms with Crippen molar-refractivity contribution in [3.05, 3.63) is 80.9 Å². The maximum atomic E-state index is 2.53. The minimum atomic E-state index is -1.34. The maximum Gasteiger partial charge on any atom is 0.0900 e. The van der Waals surface area contributed by atoms with Gasteiger partial charge in [0.15, 0.2) is 0 Å². The highest BCUT2D eigenvalue weighted by Crippen LogP contribution is 2.45. The summed E-state index contributed by atoms with van der Waals surface area (Å²) in [5, 5.41) is 3.11. The zero-order chi connectivity index (χ0) is 22.4. The largest absolute Gasteiger partial charge is 0.0900 e. The van der Waals surface area contributed by atoms with Crippen LogP contribution < -0.4 is 10.4 Å². The van der Waals surface area contributed by atoms with Gasteiger partial charge in [0, 0.05) is 5.92 Å². The summed E-state index contributed by atoms with van der Waals surface area (Å²) in [6.45, 7) is 23.6. The van der Waals surface area contributed by atoms with Crippen LogP contribution in [0.4, 0.5) is 0 Å². The van der Waals surface area contributed by atoms with E-state index in [0.29, 0.717) is 11.5 Å². The SMILES string of the molecule is CC1=C(C)C(C([Si]c2cc(C)cc([Si](C)(C)C)c2)c2cccc(C)c2C)C(C)=C1C. The fourth-order valence-corrected chi connectivity index (χ4v) is 8.25. The first-order chi connectivity index (χ1) is 13.9. The van der Waals surface area contributed by atoms with Gasteiger partial charge in [-0.25, -0.2) is 0 Å². The van der Waals surface area contributed by atoms with Crippen LogP contribution in [0, 0.1) is 26.7 Å². The van der Waals surface area contributed by atoms with Gasteiger partial charge in [0.2, 0.25) is 0 Å². The lowest BCUT2D eigenvalue weighted by atomic mass is 9.86. The van der Waals surface area contributed by atoms with E-state index < -0.39 is 8.07 Å². The zero-order valence-electron chi connectivity index (χ0n) is 20.6. The quantitative estimate of drug-likeness (QED) is 0.473. The Morgan fingerprint density at radius 3 is 1.97 bits per heavy atom. The molecule has 0 fully saturated rings. The average Bonchev–Trinajstić information content (AvgIpc) is 2.84. The zero-order valence-corrected chi connectivity index (χ0v) is 22.6. The molecule has 0 saturated carbocycles. The molecule has 0 aliphatic heterocycles. The Balaban J connectivity index is 2.15. The van der Waals surface area contributed by atoms with E-state index in [1.165, 1.54) is 38.6 Å². The molecule has 0 bridgehead atoms. The second kappa shape index (κ2) is 8.47. The van der Waals surface area contributed by atoms with Crippen LogP contribution in [0.3, 0.4) is 0 Å². The summed E-state index contributed by atoms with van der Waals surface area (Å²) in [7, 11) is -0.564. The molecule has 0 spiro atoms. The number of hydrogen-bond acceptors (Lipinski definition) is 0. The van der Waals surface area contributed by atoms with E-state index >= 15 is 0 Å². The van der Waals surface area contributed by atoms with Gasteiger partial charge in [0.1, 0.15) is 0 Å². The lowest BCUT2D eigenvalue weighted by Gasteiger charge is -2.29. The van der Waals surface area contributed by atoms with Crippen LogP contribution in [-0.4, -0.2) is 17.6 Å². The van der Waals surface area contributed by atoms with Gasteiger partial charge in [-0.1, -0.05) is 83.1 Å². The van der Waals surface area contributed by atoms with E-state index in [0.717, 1.165) is 9.52 Å². The third-order valence-corrected chi connectivity index (χ3v) is 10.9. The first-order valence-electron chi connectivity index (χ1n) is 11.2. The maximum absolute atomic E-state index is 2.53. The molecular formula is C28H38Si2. The summed E-state index contributed by atoms with van der Waals surface area (Å²) in [5.74, 6) is 0.514. The lowest BCUT2D eigenvalue weighted by molar-refractivity contribution is 0.683. The molecule has 2 radical (unpaired) electrons. The molecule has 0 heterocycles. The summed E-state index contributed by atoms with van der Waals surface area (Å²) in [6, 6.07) is 14.3. The van der Waals surface area contributed by atoms with Crippen LogP contribution in [0.2, 0.25) is 19.6 Å². The molecule has 1 aliphatic rings. The molecule has 2 aromatic carbocycles. The highest BCUT2D eigenvalue weighted by molar-refractivity contribution is 6.89. The Morgan fingerprint density at radius 1 is 0.800 bits per heavy atom. The summed E-state index contributed by atoms with van der Waals surface area (Å²) < 4.78 is 0. The van der Waals surface area contributed by atoms with Gasteiger partial charge in [0.05, 0.1) is 17.6 Å². The molecule has 30 heavy (non-hydrogen) atoms. The summed E-state index contributed by atoms with van der Waals surface area (Å²) in [5.41, 5.74) is 12.5. The molecule has 2 heteroatoms. The number of allylic oxidation sites excluding steroid dienone is 4. The third-order valence-electron chi connectivity index (χ3n) is 7.26. The Hall–Kier alpha value is -1.65. The second-order valence-electron chi connectivity index (χ2n) is 10.3. The van der Waals surface area contributed by atoms with Crippen LogP contribution in [0.25, 0.3) is 0 Å². The molecule has 0 N–H and O–H groups in total. The van der Waals surface area contributed by atoms with Crippen LogP contribution in [0.1, 0.15) is 55.5 Å². The molecule has 0 nitrogen and oxygen atoms in total. The Morgan fingerprint density at radius 2 is 1.40 bits per heavy atom. The van der Waals surface area contributed by atoms with Crippen LogP contribution >= 0.6 is 0 Å². The minimum Gasteiger partial charge on any atom is -0.0656 e. The Labute approximate surface area is 188 Å². The molecule has 2 aromatic rings. The number of benzene rings is 2. The molecule has 0 saturated heterocycles. The number of rotatable bonds is 5. The van der Waals surface area contributed by atoms with Crippen molar-refractivity contribution in [1.29, 1.82) is 0 Å². The normalized spacial score (nSPS) is 16.6. The predicted octanol–water partition coefficient (Wildman–Crippen LogP) is 6.53. The molecule has 158 valence electrons. The van der Waals surface area contributed by atoms with Crippen molar-refractivity contribution in [1.82, 2.24) is 0 Å². The summed E-state index contributed by atoms with van der Waals surface area (Å²) >= 11 is 0. The first kappa shape index (κ1) is 23.0. The molecule has 0 aromatic heterocycles. The summed E-state index contributed by atoms with van der Waals surface area (Å²) in [6.07, 6.45) is 0. The highest BCUT2D eigenvalue weighted by Gasteiger charge is 2.34. The molecule has 3 rings (SSSR count). The predicted molar refractivity (Wildman–Crippen MR) is 138 cm³/mol. The van der Waals surface area contributed by atoms with Crippen molar-refractivity contribution >= 4 is 28.0 Å². The first-order valence-corrected chi connectivity index (χ1v) is 15.8. The van der Waals surface area contributed by atoms with Crippen molar-refractivity contribution in [3.8, 4) is 0 Å². The van der Waals surface area contributed by atoms with Gasteiger partial charge < -0.3 is 0 Å². The van der Waals surface area contributed by atoms with Crippen LogP contribution in [0.15, 0.2) is 58.7 Å². The van der Waals surface area contributed by atoms with Crippen LogP contribution in [0.5, 0.6) is 0 Å². The fraction of sp³-hybridized carbons (Fsp3) is 0.429. The summed E-state index contributed by atoms with van der Waals surface area (Å²) in [4.78, 5) is 0. The minimum absolute atomic E-state index is 0.508. The van der Waals surface area contributed by atoms with Gasteiger partial charge in [-0.15, -0.1) is 0 Å². The van der Waals surface area contributed by atoms with E-state index in [-0.39, 0.29) is 0 Å². The van der Waals surface area contributed by atoms with Crippen molar-refractivity contribution in [2.75, 3.05) is 0 Å². The van der Waals surface area contributed by atoms with Crippen LogP contribution in [-0.2, 0) is 0 Å². The lowest BCUT2D eigenvalue weighted by Crippen LogP contribution is -2.41. The van der Waals surface area contributed by atoms with E-state index in [2.05, 4.69) is 105 Å². The van der Waals surface area contributed by atoms with E-state index in [1.807, 2.05) is 0 Å². The van der Waals surface area contributed by atoms with E-state index in [1.54, 1.807) is 16.3 Å². The van der Waals surface area contributed by atoms with Crippen molar-refractivity contribution in [3.63, 3.8) is 0 Å². The highest BCUT2D eigenvalue weighted by atomic mass is 28.3. The second-order valence-corrected chi connectivity index (χ2v) is 16.9. The van der Waals surface area contributed by atoms with E-state index in [4.69, 9.17) is 0 Å². The standard InChI is InChI=1S/C28H38Si2/c1-17-14-24(16-25(15-17)30(8,9)10)29-28(26-13-11-12-18(2)19(26)3)27-22(6)20(4)21(5)23(27)7/h11-16,27-28H,1-10H3. The topological polar surface area (TPSA) is 0 Å². The molecule has 1 unspecified atom stereocenters. The van der Waals surface area contributed by atoms with Crippen molar-refractivity contribution < 1.29 is 0 Å². The van der Waals surface area contributed by atoms with Gasteiger partial charge in [0.25, 0.3) is 0 Å². The molecule has 1 aliphatic carbocycles. The molecular weight excluding hydrogens is 392 g/mol. The molecule has 1 atom stereocenters. The van der Waals surface area contributed by atoms with Crippen molar-refractivity contribution in [2.45, 2.75) is 73.6 Å². The van der Waals surface area contributed by atoms with Gasteiger partial charge in [-0.05, 0) is 81.8 Å². The molecule has 0 amide bonds. The average molecular weight is 431 g/mol. The Bertz CT molecular complexity index is 1010. The van der Waals surface area contributed by atoms with Gasteiger partial charge in [-0.2, -0.15) is 0 Å². The fourth-order valence-electron chi connectivity index (χ4n) is 4.81. The Kier molecular flexibility index (Phi) is 6.50.